The first kappa shape index (κ1) is 8.37. The Morgan fingerprint density at radius 2 is 2.40 bits per heavy atom. The van der Waals surface area contributed by atoms with Crippen LogP contribution < -0.4 is 11.3 Å². The van der Waals surface area contributed by atoms with Crippen molar-refractivity contribution in [1.29, 1.82) is 0 Å². The lowest BCUT2D eigenvalue weighted by molar-refractivity contribution is 0.435. The van der Waals surface area contributed by atoms with Crippen LogP contribution in [0.4, 0.5) is 0 Å². The number of rotatable bonds is 2. The molecular formula is C7H16N2S. The lowest BCUT2D eigenvalue weighted by atomic mass is 9.98. The van der Waals surface area contributed by atoms with Gasteiger partial charge in [0.05, 0.1) is 0 Å². The average molecular weight is 160 g/mol. The molecule has 2 unspecified atom stereocenters. The zero-order valence-corrected chi connectivity index (χ0v) is 7.50. The molecule has 10 heavy (non-hydrogen) atoms. The number of thioether (sulfide) groups is 1. The number of hydrogen-bond donors (Lipinski definition) is 2. The van der Waals surface area contributed by atoms with E-state index in [0.29, 0.717) is 10.8 Å². The van der Waals surface area contributed by atoms with Crippen LogP contribution in [0.15, 0.2) is 0 Å². The topological polar surface area (TPSA) is 38.0 Å². The van der Waals surface area contributed by atoms with Crippen LogP contribution in [-0.2, 0) is 0 Å². The molecule has 0 aromatic rings. The highest BCUT2D eigenvalue weighted by atomic mass is 32.2. The van der Waals surface area contributed by atoms with Crippen molar-refractivity contribution in [3.8, 4) is 0 Å². The molecule has 1 aliphatic heterocycles. The van der Waals surface area contributed by atoms with E-state index in [0.717, 1.165) is 0 Å². The molecule has 1 aliphatic rings. The van der Waals surface area contributed by atoms with Gasteiger partial charge < -0.3 is 0 Å². The number of hydrogen-bond acceptors (Lipinski definition) is 3. The SMILES string of the molecule is CC(NN)C1(C)CCCS1. The van der Waals surface area contributed by atoms with Crippen molar-refractivity contribution in [2.45, 2.75) is 37.5 Å². The van der Waals surface area contributed by atoms with Crippen LogP contribution in [0.3, 0.4) is 0 Å². The second-order valence-corrected chi connectivity index (χ2v) is 4.78. The summed E-state index contributed by atoms with van der Waals surface area (Å²) in [5.74, 6) is 6.67. The van der Waals surface area contributed by atoms with Crippen LogP contribution >= 0.6 is 11.8 Å². The highest BCUT2D eigenvalue weighted by Crippen LogP contribution is 2.39. The summed E-state index contributed by atoms with van der Waals surface area (Å²) >= 11 is 2.03. The Morgan fingerprint density at radius 1 is 1.70 bits per heavy atom. The monoisotopic (exact) mass is 160 g/mol. The van der Waals surface area contributed by atoms with Gasteiger partial charge in [-0.1, -0.05) is 0 Å². The van der Waals surface area contributed by atoms with E-state index < -0.39 is 0 Å². The van der Waals surface area contributed by atoms with Crippen LogP contribution in [0.5, 0.6) is 0 Å². The second kappa shape index (κ2) is 3.11. The van der Waals surface area contributed by atoms with E-state index in [9.17, 15) is 0 Å². The third-order valence-corrected chi connectivity index (χ3v) is 4.13. The van der Waals surface area contributed by atoms with Crippen LogP contribution in [0.1, 0.15) is 26.7 Å². The summed E-state index contributed by atoms with van der Waals surface area (Å²) in [6.45, 7) is 4.44. The molecule has 1 fully saturated rings. The number of nitrogens with two attached hydrogens (primary N) is 1. The molecule has 1 heterocycles. The largest absolute Gasteiger partial charge is 0.271 e. The minimum Gasteiger partial charge on any atom is -0.271 e. The molecule has 2 atom stereocenters. The second-order valence-electron chi connectivity index (χ2n) is 3.15. The smallest absolute Gasteiger partial charge is 0.0326 e. The molecule has 0 aromatic heterocycles. The summed E-state index contributed by atoms with van der Waals surface area (Å²) in [5, 5.41) is 0. The predicted molar refractivity (Wildman–Crippen MR) is 46.9 cm³/mol. The van der Waals surface area contributed by atoms with Crippen LogP contribution in [0.25, 0.3) is 0 Å². The molecular weight excluding hydrogens is 144 g/mol. The van der Waals surface area contributed by atoms with Crippen molar-refractivity contribution < 1.29 is 0 Å². The molecule has 1 saturated heterocycles. The molecule has 60 valence electrons. The Morgan fingerprint density at radius 3 is 2.80 bits per heavy atom. The number of hydrazine groups is 1. The van der Waals surface area contributed by atoms with Gasteiger partial charge in [-0.2, -0.15) is 11.8 Å². The Hall–Kier alpha value is 0.270. The van der Waals surface area contributed by atoms with E-state index in [1.165, 1.54) is 18.6 Å². The average Bonchev–Trinajstić information content (AvgIpc) is 2.36. The lowest BCUT2D eigenvalue weighted by Gasteiger charge is -2.29. The summed E-state index contributed by atoms with van der Waals surface area (Å²) in [6, 6.07) is 0.431. The Kier molecular flexibility index (Phi) is 2.61. The van der Waals surface area contributed by atoms with Gasteiger partial charge in [0.2, 0.25) is 0 Å². The van der Waals surface area contributed by atoms with Crippen LogP contribution in [0.2, 0.25) is 0 Å². The molecule has 0 aliphatic carbocycles. The fourth-order valence-corrected chi connectivity index (χ4v) is 2.68. The van der Waals surface area contributed by atoms with Gasteiger partial charge in [0.15, 0.2) is 0 Å². The maximum Gasteiger partial charge on any atom is 0.0326 e. The standard InChI is InChI=1S/C7H16N2S/c1-6(9-8)7(2)4-3-5-10-7/h6,9H,3-5,8H2,1-2H3. The molecule has 0 saturated carbocycles. The summed E-state index contributed by atoms with van der Waals surface area (Å²) in [7, 11) is 0. The van der Waals surface area contributed by atoms with E-state index in [1.807, 2.05) is 11.8 Å². The van der Waals surface area contributed by atoms with Crippen LogP contribution in [0, 0.1) is 0 Å². The Bertz CT molecular complexity index is 110. The van der Waals surface area contributed by atoms with Crippen LogP contribution in [-0.4, -0.2) is 16.5 Å². The van der Waals surface area contributed by atoms with E-state index in [1.54, 1.807) is 0 Å². The third kappa shape index (κ3) is 1.47. The van der Waals surface area contributed by atoms with Crippen molar-refractivity contribution in [3.63, 3.8) is 0 Å². The van der Waals surface area contributed by atoms with Crippen molar-refractivity contribution in [3.05, 3.63) is 0 Å². The third-order valence-electron chi connectivity index (χ3n) is 2.42. The van der Waals surface area contributed by atoms with Gasteiger partial charge in [-0.3, -0.25) is 11.3 Å². The molecule has 0 spiro atoms. The van der Waals surface area contributed by atoms with Crippen molar-refractivity contribution in [2.75, 3.05) is 5.75 Å². The fourth-order valence-electron chi connectivity index (χ4n) is 1.32. The van der Waals surface area contributed by atoms with Crippen molar-refractivity contribution in [1.82, 2.24) is 5.43 Å². The molecule has 1 rings (SSSR count). The Labute approximate surface area is 66.9 Å². The van der Waals surface area contributed by atoms with E-state index in [-0.39, 0.29) is 0 Å². The first-order valence-corrected chi connectivity index (χ1v) is 4.78. The summed E-state index contributed by atoms with van der Waals surface area (Å²) in [4.78, 5) is 0. The maximum absolute atomic E-state index is 5.37. The zero-order chi connectivity index (χ0) is 7.61. The normalized spacial score (nSPS) is 36.3. The fraction of sp³-hybridized carbons (Fsp3) is 1.00. The molecule has 3 heteroatoms. The minimum atomic E-state index is 0.384. The molecule has 0 amide bonds. The van der Waals surface area contributed by atoms with Gasteiger partial charge in [-0.25, -0.2) is 0 Å². The lowest BCUT2D eigenvalue weighted by Crippen LogP contribution is -2.46. The van der Waals surface area contributed by atoms with Gasteiger partial charge in [0, 0.05) is 10.8 Å². The highest BCUT2D eigenvalue weighted by Gasteiger charge is 2.34. The van der Waals surface area contributed by atoms with Crippen molar-refractivity contribution >= 4 is 11.8 Å². The Balaban J connectivity index is 2.49. The van der Waals surface area contributed by atoms with E-state index >= 15 is 0 Å². The summed E-state index contributed by atoms with van der Waals surface area (Å²) < 4.78 is 0.384. The highest BCUT2D eigenvalue weighted by molar-refractivity contribution is 8.00. The van der Waals surface area contributed by atoms with E-state index in [2.05, 4.69) is 19.3 Å². The van der Waals surface area contributed by atoms with Gasteiger partial charge in [0.25, 0.3) is 0 Å². The number of nitrogens with one attached hydrogen (secondary N) is 1. The quantitative estimate of drug-likeness (QED) is 0.469. The summed E-state index contributed by atoms with van der Waals surface area (Å²) in [5.41, 5.74) is 2.83. The van der Waals surface area contributed by atoms with Gasteiger partial charge in [-0.05, 0) is 32.4 Å². The molecule has 2 nitrogen and oxygen atoms in total. The zero-order valence-electron chi connectivity index (χ0n) is 6.68. The first-order chi connectivity index (χ1) is 4.69. The van der Waals surface area contributed by atoms with E-state index in [4.69, 9.17) is 5.84 Å². The molecule has 3 N–H and O–H groups in total. The summed E-state index contributed by atoms with van der Waals surface area (Å²) in [6.07, 6.45) is 2.64. The van der Waals surface area contributed by atoms with Crippen molar-refractivity contribution in [2.24, 2.45) is 5.84 Å². The molecule has 0 aromatic carbocycles. The minimum absolute atomic E-state index is 0.384. The molecule has 0 bridgehead atoms. The van der Waals surface area contributed by atoms with Gasteiger partial charge in [-0.15, -0.1) is 0 Å². The van der Waals surface area contributed by atoms with Gasteiger partial charge >= 0.3 is 0 Å². The maximum atomic E-state index is 5.37. The predicted octanol–water partition coefficient (Wildman–Crippen LogP) is 1.12. The van der Waals surface area contributed by atoms with Gasteiger partial charge in [0.1, 0.15) is 0 Å². The first-order valence-electron chi connectivity index (χ1n) is 3.79. The molecule has 0 radical (unpaired) electrons.